The van der Waals surface area contributed by atoms with Gasteiger partial charge in [0.05, 0.1) is 0 Å². The summed E-state index contributed by atoms with van der Waals surface area (Å²) in [6.07, 6.45) is 2.62. The van der Waals surface area contributed by atoms with Crippen LogP contribution in [-0.2, 0) is 6.42 Å². The van der Waals surface area contributed by atoms with Gasteiger partial charge in [-0.1, -0.05) is 6.92 Å². The van der Waals surface area contributed by atoms with Crippen molar-refractivity contribution >= 4 is 11.1 Å². The molecule has 0 aliphatic carbocycles. The summed E-state index contributed by atoms with van der Waals surface area (Å²) in [5, 5.41) is 8.63. The van der Waals surface area contributed by atoms with Crippen LogP contribution < -0.4 is 0 Å². The summed E-state index contributed by atoms with van der Waals surface area (Å²) in [4.78, 5) is 4.11. The van der Waals surface area contributed by atoms with E-state index in [9.17, 15) is 0 Å². The minimum absolute atomic E-state index is 0.323. The molecular formula is C10H8N2O. The Bertz CT molecular complexity index is 479. The first-order chi connectivity index (χ1) is 6.35. The number of aromatic nitrogens is 1. The Hall–Kier alpha value is -1.82. The van der Waals surface area contributed by atoms with Gasteiger partial charge in [0.2, 0.25) is 5.76 Å². The van der Waals surface area contributed by atoms with E-state index in [-0.39, 0.29) is 0 Å². The summed E-state index contributed by atoms with van der Waals surface area (Å²) in [5.74, 6) is 0.323. The van der Waals surface area contributed by atoms with E-state index in [1.807, 2.05) is 19.1 Å². The molecule has 0 amide bonds. The average Bonchev–Trinajstić information content (AvgIpc) is 2.59. The van der Waals surface area contributed by atoms with Gasteiger partial charge in [-0.05, 0) is 18.1 Å². The van der Waals surface area contributed by atoms with Crippen molar-refractivity contribution in [3.05, 3.63) is 29.7 Å². The molecule has 0 spiro atoms. The van der Waals surface area contributed by atoms with E-state index >= 15 is 0 Å². The van der Waals surface area contributed by atoms with Crippen molar-refractivity contribution < 1.29 is 4.42 Å². The van der Waals surface area contributed by atoms with E-state index in [1.165, 1.54) is 0 Å². The topological polar surface area (TPSA) is 49.8 Å². The zero-order valence-electron chi connectivity index (χ0n) is 7.24. The van der Waals surface area contributed by atoms with Gasteiger partial charge in [-0.15, -0.1) is 0 Å². The molecule has 0 aliphatic heterocycles. The molecule has 2 heterocycles. The van der Waals surface area contributed by atoms with Crippen LogP contribution in [0.5, 0.6) is 0 Å². The summed E-state index contributed by atoms with van der Waals surface area (Å²) >= 11 is 0. The van der Waals surface area contributed by atoms with Crippen molar-refractivity contribution in [2.75, 3.05) is 0 Å². The number of rotatable bonds is 1. The quantitative estimate of drug-likeness (QED) is 0.662. The van der Waals surface area contributed by atoms with E-state index in [1.54, 1.807) is 12.3 Å². The average molecular weight is 172 g/mol. The van der Waals surface area contributed by atoms with Crippen molar-refractivity contribution in [1.29, 1.82) is 5.26 Å². The molecule has 0 atom stereocenters. The van der Waals surface area contributed by atoms with E-state index in [0.717, 1.165) is 23.1 Å². The molecule has 13 heavy (non-hydrogen) atoms. The first-order valence-corrected chi connectivity index (χ1v) is 4.12. The first kappa shape index (κ1) is 7.81. The lowest BCUT2D eigenvalue weighted by molar-refractivity contribution is 0.595. The van der Waals surface area contributed by atoms with E-state index in [4.69, 9.17) is 9.68 Å². The number of furan rings is 1. The van der Waals surface area contributed by atoms with Crippen LogP contribution in [0.1, 0.15) is 18.2 Å². The van der Waals surface area contributed by atoms with Crippen molar-refractivity contribution in [3.63, 3.8) is 0 Å². The fourth-order valence-electron chi connectivity index (χ4n) is 1.32. The Morgan fingerprint density at radius 2 is 2.46 bits per heavy atom. The molecular weight excluding hydrogens is 164 g/mol. The Morgan fingerprint density at radius 1 is 1.62 bits per heavy atom. The maximum absolute atomic E-state index is 8.63. The highest BCUT2D eigenvalue weighted by Gasteiger charge is 2.06. The van der Waals surface area contributed by atoms with Gasteiger partial charge in [-0.3, -0.25) is 4.98 Å². The van der Waals surface area contributed by atoms with E-state index in [0.29, 0.717) is 5.76 Å². The zero-order valence-corrected chi connectivity index (χ0v) is 7.24. The van der Waals surface area contributed by atoms with Crippen LogP contribution in [0.3, 0.4) is 0 Å². The molecule has 2 aromatic rings. The lowest BCUT2D eigenvalue weighted by atomic mass is 10.2. The predicted molar refractivity (Wildman–Crippen MR) is 48.1 cm³/mol. The fourth-order valence-corrected chi connectivity index (χ4v) is 1.32. The molecule has 0 saturated heterocycles. The highest BCUT2D eigenvalue weighted by Crippen LogP contribution is 2.20. The number of hydrogen-bond acceptors (Lipinski definition) is 3. The Balaban J connectivity index is 2.76. The minimum Gasteiger partial charge on any atom is -0.444 e. The molecule has 0 bridgehead atoms. The molecule has 0 saturated carbocycles. The molecule has 0 N–H and O–H groups in total. The van der Waals surface area contributed by atoms with Gasteiger partial charge < -0.3 is 4.42 Å². The van der Waals surface area contributed by atoms with Crippen LogP contribution in [0.25, 0.3) is 11.1 Å². The number of aryl methyl sites for hydroxylation is 1. The number of nitriles is 1. The molecule has 0 radical (unpaired) electrons. The van der Waals surface area contributed by atoms with Gasteiger partial charge in [-0.25, -0.2) is 0 Å². The lowest BCUT2D eigenvalue weighted by Gasteiger charge is -1.94. The second-order valence-corrected chi connectivity index (χ2v) is 2.76. The monoisotopic (exact) mass is 172 g/mol. The maximum atomic E-state index is 8.63. The first-order valence-electron chi connectivity index (χ1n) is 4.12. The molecule has 0 fully saturated rings. The molecule has 2 rings (SSSR count). The van der Waals surface area contributed by atoms with Gasteiger partial charge in [-0.2, -0.15) is 5.26 Å². The maximum Gasteiger partial charge on any atom is 0.206 e. The van der Waals surface area contributed by atoms with E-state index < -0.39 is 0 Å². The molecule has 0 unspecified atom stereocenters. The highest BCUT2D eigenvalue weighted by molar-refractivity contribution is 5.77. The third-order valence-electron chi connectivity index (χ3n) is 1.98. The molecule has 3 nitrogen and oxygen atoms in total. The number of pyridine rings is 1. The highest BCUT2D eigenvalue weighted by atomic mass is 16.3. The second kappa shape index (κ2) is 2.91. The van der Waals surface area contributed by atoms with Crippen LogP contribution in [0, 0.1) is 11.3 Å². The van der Waals surface area contributed by atoms with Crippen molar-refractivity contribution in [3.8, 4) is 6.07 Å². The van der Waals surface area contributed by atoms with Gasteiger partial charge in [0.1, 0.15) is 11.6 Å². The number of fused-ring (bicyclic) bond motifs is 1. The Labute approximate surface area is 75.6 Å². The van der Waals surface area contributed by atoms with Crippen LogP contribution >= 0.6 is 0 Å². The third-order valence-corrected chi connectivity index (χ3v) is 1.98. The van der Waals surface area contributed by atoms with Gasteiger partial charge in [0.15, 0.2) is 5.58 Å². The standard InChI is InChI=1S/C10H8N2O/c1-2-7-3-4-12-9-5-8(6-11)13-10(7)9/h3-5H,2H2,1H3. The molecule has 64 valence electrons. The lowest BCUT2D eigenvalue weighted by Crippen LogP contribution is -1.81. The Morgan fingerprint density at radius 3 is 3.15 bits per heavy atom. The summed E-state index contributed by atoms with van der Waals surface area (Å²) in [5.41, 5.74) is 2.59. The summed E-state index contributed by atoms with van der Waals surface area (Å²) in [6, 6.07) is 5.53. The van der Waals surface area contributed by atoms with Gasteiger partial charge >= 0.3 is 0 Å². The Kier molecular flexibility index (Phi) is 1.75. The van der Waals surface area contributed by atoms with E-state index in [2.05, 4.69) is 4.98 Å². The largest absolute Gasteiger partial charge is 0.444 e. The molecule has 0 aliphatic rings. The van der Waals surface area contributed by atoms with Crippen LogP contribution in [0.4, 0.5) is 0 Å². The SMILES string of the molecule is CCc1ccnc2cc(C#N)oc12. The number of hydrogen-bond donors (Lipinski definition) is 0. The third kappa shape index (κ3) is 1.17. The van der Waals surface area contributed by atoms with Gasteiger partial charge in [0.25, 0.3) is 0 Å². The fraction of sp³-hybridized carbons (Fsp3) is 0.200. The second-order valence-electron chi connectivity index (χ2n) is 2.76. The molecule has 3 heteroatoms. The number of nitrogens with zero attached hydrogens (tertiary/aromatic N) is 2. The van der Waals surface area contributed by atoms with Crippen molar-refractivity contribution in [2.24, 2.45) is 0 Å². The molecule has 0 aromatic carbocycles. The zero-order chi connectivity index (χ0) is 9.26. The summed E-state index contributed by atoms with van der Waals surface area (Å²) in [6.45, 7) is 2.04. The van der Waals surface area contributed by atoms with Crippen molar-refractivity contribution in [1.82, 2.24) is 4.98 Å². The summed E-state index contributed by atoms with van der Waals surface area (Å²) < 4.78 is 5.32. The predicted octanol–water partition coefficient (Wildman–Crippen LogP) is 2.26. The van der Waals surface area contributed by atoms with Crippen LogP contribution in [-0.4, -0.2) is 4.98 Å². The van der Waals surface area contributed by atoms with Crippen molar-refractivity contribution in [2.45, 2.75) is 13.3 Å². The van der Waals surface area contributed by atoms with Crippen LogP contribution in [0.15, 0.2) is 22.7 Å². The normalized spacial score (nSPS) is 10.2. The smallest absolute Gasteiger partial charge is 0.206 e. The van der Waals surface area contributed by atoms with Gasteiger partial charge in [0, 0.05) is 12.3 Å². The minimum atomic E-state index is 0.323. The van der Waals surface area contributed by atoms with Crippen LogP contribution in [0.2, 0.25) is 0 Å². The molecule has 2 aromatic heterocycles. The summed E-state index contributed by atoms with van der Waals surface area (Å²) in [7, 11) is 0.